The fourth-order valence-corrected chi connectivity index (χ4v) is 4.27. The number of rotatable bonds is 5. The average molecular weight is 305 g/mol. The molecule has 6 nitrogen and oxygen atoms in total. The Kier molecular flexibility index (Phi) is 4.81. The third-order valence-electron chi connectivity index (χ3n) is 2.44. The number of hydrogen-bond acceptors (Lipinski definition) is 6. The number of thiophene rings is 1. The molecule has 0 unspecified atom stereocenters. The summed E-state index contributed by atoms with van der Waals surface area (Å²) in [6.45, 7) is 5.32. The largest absolute Gasteiger partial charge is 0.396 e. The maximum absolute atomic E-state index is 12.1. The van der Waals surface area contributed by atoms with Crippen LogP contribution in [0, 0.1) is 0 Å². The number of nitrogen functional groups attached to an aromatic ring is 1. The highest BCUT2D eigenvalue weighted by Gasteiger charge is 2.28. The van der Waals surface area contributed by atoms with E-state index < -0.39 is 9.84 Å². The second-order valence-electron chi connectivity index (χ2n) is 4.28. The Labute approximate surface area is 117 Å². The van der Waals surface area contributed by atoms with Crippen molar-refractivity contribution in [1.29, 1.82) is 0 Å². The van der Waals surface area contributed by atoms with Crippen molar-refractivity contribution >= 4 is 37.8 Å². The number of carbonyl (C=O) groups excluding carboxylic acids is 1. The molecule has 0 atom stereocenters. The van der Waals surface area contributed by atoms with Crippen LogP contribution in [0.1, 0.15) is 30.4 Å². The monoisotopic (exact) mass is 305 g/mol. The standard InChI is InChI=1S/C11H19N3O3S2/c1-5-19(16,17)9-7(12)8(10(15)13-4)18-11(9)14-6(2)3/h6,14H,5,12H2,1-4H3,(H,13,15). The van der Waals surface area contributed by atoms with Gasteiger partial charge in [-0.1, -0.05) is 6.92 Å². The maximum atomic E-state index is 12.1. The van der Waals surface area contributed by atoms with Crippen molar-refractivity contribution in [3.05, 3.63) is 4.88 Å². The second kappa shape index (κ2) is 5.79. The van der Waals surface area contributed by atoms with E-state index in [1.165, 1.54) is 7.05 Å². The fourth-order valence-electron chi connectivity index (χ4n) is 1.52. The summed E-state index contributed by atoms with van der Waals surface area (Å²) >= 11 is 1.06. The van der Waals surface area contributed by atoms with Crippen LogP contribution in [-0.4, -0.2) is 33.2 Å². The molecule has 0 aliphatic heterocycles. The molecule has 0 fully saturated rings. The van der Waals surface area contributed by atoms with E-state index in [0.717, 1.165) is 11.3 Å². The summed E-state index contributed by atoms with van der Waals surface area (Å²) in [7, 11) is -2.01. The Morgan fingerprint density at radius 3 is 2.42 bits per heavy atom. The Balaban J connectivity index is 3.49. The van der Waals surface area contributed by atoms with E-state index in [2.05, 4.69) is 10.6 Å². The van der Waals surface area contributed by atoms with Gasteiger partial charge in [0.15, 0.2) is 9.84 Å². The SMILES string of the molecule is CCS(=O)(=O)c1c(NC(C)C)sc(C(=O)NC)c1N. The number of amides is 1. The molecule has 8 heteroatoms. The lowest BCUT2D eigenvalue weighted by Crippen LogP contribution is -2.18. The second-order valence-corrected chi connectivity index (χ2v) is 7.52. The van der Waals surface area contributed by atoms with Gasteiger partial charge in [-0.2, -0.15) is 0 Å². The minimum absolute atomic E-state index is 0.0225. The molecule has 1 aromatic rings. The van der Waals surface area contributed by atoms with E-state index in [9.17, 15) is 13.2 Å². The first-order valence-corrected chi connectivity index (χ1v) is 8.35. The summed E-state index contributed by atoms with van der Waals surface area (Å²) in [4.78, 5) is 12.0. The third kappa shape index (κ3) is 3.19. The Morgan fingerprint density at radius 1 is 1.42 bits per heavy atom. The number of sulfone groups is 1. The van der Waals surface area contributed by atoms with Gasteiger partial charge < -0.3 is 16.4 Å². The lowest BCUT2D eigenvalue weighted by molar-refractivity contribution is 0.0968. The molecule has 108 valence electrons. The molecule has 1 rings (SSSR count). The predicted molar refractivity (Wildman–Crippen MR) is 78.6 cm³/mol. The molecule has 0 radical (unpaired) electrons. The van der Waals surface area contributed by atoms with E-state index in [4.69, 9.17) is 5.73 Å². The van der Waals surface area contributed by atoms with Gasteiger partial charge in [0, 0.05) is 13.1 Å². The fraction of sp³-hybridized carbons (Fsp3) is 0.545. The van der Waals surface area contributed by atoms with Crippen molar-refractivity contribution in [2.45, 2.75) is 31.7 Å². The molecular formula is C11H19N3O3S2. The molecule has 1 aromatic heterocycles. The molecule has 0 aliphatic rings. The number of anilines is 2. The van der Waals surface area contributed by atoms with Gasteiger partial charge in [0.05, 0.1) is 11.4 Å². The van der Waals surface area contributed by atoms with E-state index in [-0.39, 0.29) is 33.2 Å². The number of nitrogens with two attached hydrogens (primary N) is 1. The number of carbonyl (C=O) groups is 1. The topological polar surface area (TPSA) is 101 Å². The highest BCUT2D eigenvalue weighted by molar-refractivity contribution is 7.91. The highest BCUT2D eigenvalue weighted by atomic mass is 32.2. The molecule has 1 amide bonds. The van der Waals surface area contributed by atoms with Gasteiger partial charge in [-0.25, -0.2) is 8.42 Å². The minimum atomic E-state index is -3.48. The van der Waals surface area contributed by atoms with Crippen LogP contribution in [-0.2, 0) is 9.84 Å². The molecule has 0 aromatic carbocycles. The molecule has 0 aliphatic carbocycles. The van der Waals surface area contributed by atoms with Crippen LogP contribution in [0.3, 0.4) is 0 Å². The molecule has 0 bridgehead atoms. The molecule has 4 N–H and O–H groups in total. The Hall–Kier alpha value is -1.28. The summed E-state index contributed by atoms with van der Waals surface area (Å²) in [5.41, 5.74) is 5.87. The zero-order valence-electron chi connectivity index (χ0n) is 11.4. The number of nitrogens with one attached hydrogen (secondary N) is 2. The van der Waals surface area contributed by atoms with Crippen molar-refractivity contribution in [1.82, 2.24) is 5.32 Å². The third-order valence-corrected chi connectivity index (χ3v) is 5.51. The van der Waals surface area contributed by atoms with Gasteiger partial charge in [0.1, 0.15) is 14.8 Å². The summed E-state index contributed by atoms with van der Waals surface area (Å²) in [5, 5.41) is 5.91. The molecule has 0 spiro atoms. The summed E-state index contributed by atoms with van der Waals surface area (Å²) < 4.78 is 24.2. The van der Waals surface area contributed by atoms with Crippen molar-refractivity contribution in [2.75, 3.05) is 23.9 Å². The van der Waals surface area contributed by atoms with Gasteiger partial charge in [-0.3, -0.25) is 4.79 Å². The molecule has 0 saturated heterocycles. The van der Waals surface area contributed by atoms with E-state index in [1.54, 1.807) is 6.92 Å². The molecule has 0 saturated carbocycles. The van der Waals surface area contributed by atoms with Gasteiger partial charge in [0.2, 0.25) is 0 Å². The van der Waals surface area contributed by atoms with E-state index in [1.807, 2.05) is 13.8 Å². The van der Waals surface area contributed by atoms with Gasteiger partial charge in [-0.05, 0) is 13.8 Å². The first kappa shape index (κ1) is 15.8. The normalized spacial score (nSPS) is 11.6. The van der Waals surface area contributed by atoms with Crippen LogP contribution >= 0.6 is 11.3 Å². The Morgan fingerprint density at radius 2 is 2.00 bits per heavy atom. The van der Waals surface area contributed by atoms with Crippen LogP contribution in [0.2, 0.25) is 0 Å². The Bertz CT molecular complexity index is 576. The minimum Gasteiger partial charge on any atom is -0.396 e. The van der Waals surface area contributed by atoms with Crippen LogP contribution < -0.4 is 16.4 Å². The van der Waals surface area contributed by atoms with E-state index >= 15 is 0 Å². The zero-order chi connectivity index (χ0) is 14.8. The lowest BCUT2D eigenvalue weighted by Gasteiger charge is -2.10. The lowest BCUT2D eigenvalue weighted by atomic mass is 10.3. The summed E-state index contributed by atoms with van der Waals surface area (Å²) in [6, 6.07) is 0.0430. The highest BCUT2D eigenvalue weighted by Crippen LogP contribution is 2.40. The van der Waals surface area contributed by atoms with Crippen LogP contribution in [0.4, 0.5) is 10.7 Å². The molecule has 1 heterocycles. The van der Waals surface area contributed by atoms with Crippen molar-refractivity contribution in [3.8, 4) is 0 Å². The summed E-state index contributed by atoms with van der Waals surface area (Å²) in [5.74, 6) is -0.444. The average Bonchev–Trinajstić information content (AvgIpc) is 2.65. The zero-order valence-corrected chi connectivity index (χ0v) is 13.0. The first-order chi connectivity index (χ1) is 8.74. The van der Waals surface area contributed by atoms with Gasteiger partial charge >= 0.3 is 0 Å². The smallest absolute Gasteiger partial charge is 0.263 e. The van der Waals surface area contributed by atoms with Crippen LogP contribution in [0.5, 0.6) is 0 Å². The molecular weight excluding hydrogens is 286 g/mol. The maximum Gasteiger partial charge on any atom is 0.263 e. The first-order valence-electron chi connectivity index (χ1n) is 5.88. The van der Waals surface area contributed by atoms with Crippen molar-refractivity contribution in [2.24, 2.45) is 0 Å². The van der Waals surface area contributed by atoms with E-state index in [0.29, 0.717) is 5.00 Å². The van der Waals surface area contributed by atoms with Gasteiger partial charge in [0.25, 0.3) is 5.91 Å². The van der Waals surface area contributed by atoms with Crippen molar-refractivity contribution < 1.29 is 13.2 Å². The number of hydrogen-bond donors (Lipinski definition) is 3. The van der Waals surface area contributed by atoms with Crippen LogP contribution in [0.15, 0.2) is 4.90 Å². The van der Waals surface area contributed by atoms with Gasteiger partial charge in [-0.15, -0.1) is 11.3 Å². The van der Waals surface area contributed by atoms with Crippen molar-refractivity contribution in [3.63, 3.8) is 0 Å². The quantitative estimate of drug-likeness (QED) is 0.761. The predicted octanol–water partition coefficient (Wildman–Crippen LogP) is 1.30. The molecule has 19 heavy (non-hydrogen) atoms. The van der Waals surface area contributed by atoms with Crippen LogP contribution in [0.25, 0.3) is 0 Å². The summed E-state index contributed by atoms with van der Waals surface area (Å²) in [6.07, 6.45) is 0.